The molecule has 1 aromatic carbocycles. The lowest BCUT2D eigenvalue weighted by atomic mass is 10.0. The minimum absolute atomic E-state index is 0.370. The van der Waals surface area contributed by atoms with Crippen LogP contribution >= 0.6 is 27.5 Å². The van der Waals surface area contributed by atoms with Crippen LogP contribution in [0.15, 0.2) is 21.0 Å². The lowest BCUT2D eigenvalue weighted by molar-refractivity contribution is 0.320. The normalized spacial score (nSPS) is 18.9. The first-order valence-electron chi connectivity index (χ1n) is 5.91. The van der Waals surface area contributed by atoms with E-state index in [2.05, 4.69) is 20.3 Å². The van der Waals surface area contributed by atoms with Crippen molar-refractivity contribution in [3.05, 3.63) is 27.2 Å². The van der Waals surface area contributed by atoms with Crippen LogP contribution in [0.1, 0.15) is 32.8 Å². The van der Waals surface area contributed by atoms with Gasteiger partial charge in [-0.05, 0) is 48.8 Å². The van der Waals surface area contributed by atoms with Crippen molar-refractivity contribution in [2.45, 2.75) is 31.9 Å². The predicted octanol–water partition coefficient (Wildman–Crippen LogP) is 4.14. The number of hydrogen-bond donors (Lipinski definition) is 0. The van der Waals surface area contributed by atoms with Gasteiger partial charge >= 0.3 is 0 Å². The Morgan fingerprint density at radius 3 is 2.74 bits per heavy atom. The number of benzene rings is 1. The van der Waals surface area contributed by atoms with E-state index in [-0.39, 0.29) is 4.75 Å². The summed E-state index contributed by atoms with van der Waals surface area (Å²) in [5.41, 5.74) is 1.63. The Bertz CT molecular complexity index is 566. The molecule has 0 aliphatic carbocycles. The van der Waals surface area contributed by atoms with Gasteiger partial charge in [0, 0.05) is 16.5 Å². The number of rotatable bonds is 1. The smallest absolute Gasteiger partial charge is 0.148 e. The lowest BCUT2D eigenvalue weighted by Gasteiger charge is -2.22. The maximum Gasteiger partial charge on any atom is 0.148 e. The van der Waals surface area contributed by atoms with Crippen LogP contribution in [0.3, 0.4) is 0 Å². The van der Waals surface area contributed by atoms with E-state index in [0.717, 1.165) is 15.7 Å². The second-order valence-corrected chi connectivity index (χ2v) is 8.37. The SMILES string of the molecule is CC(C)(C)S(=O)/N=C1\CCOc2c1ccc(Br)c2Cl. The molecule has 1 atom stereocenters. The number of halogens is 2. The van der Waals surface area contributed by atoms with Crippen molar-refractivity contribution in [1.29, 1.82) is 0 Å². The molecule has 0 aromatic heterocycles. The van der Waals surface area contributed by atoms with Gasteiger partial charge < -0.3 is 4.74 Å². The molecular formula is C13H15BrClNO2S. The molecule has 1 aliphatic heterocycles. The van der Waals surface area contributed by atoms with Crippen LogP contribution in [-0.4, -0.2) is 21.3 Å². The van der Waals surface area contributed by atoms with Gasteiger partial charge in [-0.15, -0.1) is 0 Å². The van der Waals surface area contributed by atoms with Crippen LogP contribution in [0.2, 0.25) is 5.02 Å². The molecule has 0 bridgehead atoms. The summed E-state index contributed by atoms with van der Waals surface area (Å²) in [6, 6.07) is 3.74. The molecule has 3 nitrogen and oxygen atoms in total. The van der Waals surface area contributed by atoms with Gasteiger partial charge in [0.1, 0.15) is 16.7 Å². The van der Waals surface area contributed by atoms with E-state index in [1.807, 2.05) is 32.9 Å². The highest BCUT2D eigenvalue weighted by Crippen LogP contribution is 2.38. The summed E-state index contributed by atoms with van der Waals surface area (Å²) in [6.45, 7) is 6.22. The summed E-state index contributed by atoms with van der Waals surface area (Å²) >= 11 is 9.57. The van der Waals surface area contributed by atoms with E-state index in [9.17, 15) is 4.21 Å². The topological polar surface area (TPSA) is 38.7 Å². The molecule has 0 fully saturated rings. The van der Waals surface area contributed by atoms with Crippen molar-refractivity contribution in [1.82, 2.24) is 0 Å². The van der Waals surface area contributed by atoms with Gasteiger partial charge in [-0.25, -0.2) is 4.21 Å². The van der Waals surface area contributed by atoms with Crippen LogP contribution in [-0.2, 0) is 11.0 Å². The highest BCUT2D eigenvalue weighted by atomic mass is 79.9. The first kappa shape index (κ1) is 15.0. The largest absolute Gasteiger partial charge is 0.491 e. The highest BCUT2D eigenvalue weighted by Gasteiger charge is 2.24. The van der Waals surface area contributed by atoms with E-state index >= 15 is 0 Å². The van der Waals surface area contributed by atoms with Gasteiger partial charge in [0.15, 0.2) is 0 Å². The predicted molar refractivity (Wildman–Crippen MR) is 83.7 cm³/mol. The molecule has 0 N–H and O–H groups in total. The number of nitrogens with zero attached hydrogens (tertiary/aromatic N) is 1. The molecule has 1 aliphatic rings. The number of ether oxygens (including phenoxy) is 1. The summed E-state index contributed by atoms with van der Waals surface area (Å²) in [6.07, 6.45) is 0.646. The van der Waals surface area contributed by atoms with E-state index in [0.29, 0.717) is 23.8 Å². The van der Waals surface area contributed by atoms with Crippen LogP contribution in [0.25, 0.3) is 0 Å². The van der Waals surface area contributed by atoms with Gasteiger partial charge in [0.2, 0.25) is 0 Å². The maximum absolute atomic E-state index is 12.1. The first-order valence-corrected chi connectivity index (χ1v) is 8.19. The van der Waals surface area contributed by atoms with Crippen molar-refractivity contribution >= 4 is 44.2 Å². The molecule has 6 heteroatoms. The fraction of sp³-hybridized carbons (Fsp3) is 0.462. The third kappa shape index (κ3) is 3.20. The lowest BCUT2D eigenvalue weighted by Crippen LogP contribution is -2.23. The quantitative estimate of drug-likeness (QED) is 0.751. The van der Waals surface area contributed by atoms with Gasteiger partial charge in [0.05, 0.1) is 22.1 Å². The van der Waals surface area contributed by atoms with E-state index in [1.165, 1.54) is 0 Å². The van der Waals surface area contributed by atoms with E-state index < -0.39 is 11.0 Å². The molecule has 1 unspecified atom stereocenters. The number of hydrogen-bond acceptors (Lipinski definition) is 2. The molecule has 0 saturated carbocycles. The van der Waals surface area contributed by atoms with E-state index in [1.54, 1.807) is 0 Å². The standard InChI is InChI=1S/C13H15BrClNO2S/c1-13(2,3)19(17)16-10-6-7-18-12-8(10)4-5-9(14)11(12)15/h4-5H,6-7H2,1-3H3/b16-10+. The highest BCUT2D eigenvalue weighted by molar-refractivity contribution is 9.10. The second-order valence-electron chi connectivity index (χ2n) is 5.24. The van der Waals surface area contributed by atoms with Crippen LogP contribution in [0.4, 0.5) is 0 Å². The molecular weight excluding hydrogens is 350 g/mol. The van der Waals surface area contributed by atoms with Crippen LogP contribution in [0, 0.1) is 0 Å². The Kier molecular flexibility index (Phi) is 4.38. The second kappa shape index (κ2) is 5.54. The molecule has 0 spiro atoms. The zero-order valence-corrected chi connectivity index (χ0v) is 14.2. The van der Waals surface area contributed by atoms with Crippen LogP contribution in [0.5, 0.6) is 5.75 Å². The summed E-state index contributed by atoms with van der Waals surface area (Å²) in [7, 11) is -1.28. The van der Waals surface area contributed by atoms with Gasteiger partial charge in [-0.1, -0.05) is 11.6 Å². The zero-order chi connectivity index (χ0) is 14.2. The van der Waals surface area contributed by atoms with Crippen molar-refractivity contribution in [3.8, 4) is 5.75 Å². The van der Waals surface area contributed by atoms with Crippen molar-refractivity contribution in [2.75, 3.05) is 6.61 Å². The van der Waals surface area contributed by atoms with Gasteiger partial charge in [0.25, 0.3) is 0 Å². The average molecular weight is 365 g/mol. The first-order chi connectivity index (χ1) is 8.80. The maximum atomic E-state index is 12.1. The fourth-order valence-corrected chi connectivity index (χ4v) is 2.81. The Balaban J connectivity index is 2.47. The monoisotopic (exact) mass is 363 g/mol. The average Bonchev–Trinajstić information content (AvgIpc) is 2.33. The summed E-state index contributed by atoms with van der Waals surface area (Å²) < 4.78 is 22.5. The van der Waals surface area contributed by atoms with Gasteiger partial charge in [-0.3, -0.25) is 0 Å². The molecule has 2 rings (SSSR count). The fourth-order valence-electron chi connectivity index (χ4n) is 1.62. The van der Waals surface area contributed by atoms with Crippen molar-refractivity contribution in [3.63, 3.8) is 0 Å². The Morgan fingerprint density at radius 2 is 2.11 bits per heavy atom. The summed E-state index contributed by atoms with van der Waals surface area (Å²) in [5.74, 6) is 0.618. The third-order valence-electron chi connectivity index (χ3n) is 2.66. The number of fused-ring (bicyclic) bond motifs is 1. The van der Waals surface area contributed by atoms with Crippen molar-refractivity contribution in [2.24, 2.45) is 4.40 Å². The Hall–Kier alpha value is -0.390. The van der Waals surface area contributed by atoms with Crippen molar-refractivity contribution < 1.29 is 8.95 Å². The van der Waals surface area contributed by atoms with Crippen LogP contribution < -0.4 is 4.74 Å². The van der Waals surface area contributed by atoms with Gasteiger partial charge in [-0.2, -0.15) is 4.40 Å². The molecule has 0 radical (unpaired) electrons. The molecule has 19 heavy (non-hydrogen) atoms. The molecule has 104 valence electrons. The molecule has 1 heterocycles. The Labute approximate surface area is 129 Å². The minimum atomic E-state index is -1.28. The molecule has 0 saturated heterocycles. The summed E-state index contributed by atoms with van der Waals surface area (Å²) in [4.78, 5) is 0. The summed E-state index contributed by atoms with van der Waals surface area (Å²) in [5, 5.41) is 0.534. The third-order valence-corrected chi connectivity index (χ3v) is 5.36. The Morgan fingerprint density at radius 1 is 1.42 bits per heavy atom. The zero-order valence-electron chi connectivity index (χ0n) is 11.0. The molecule has 1 aromatic rings. The molecule has 0 amide bonds. The van der Waals surface area contributed by atoms with E-state index in [4.69, 9.17) is 16.3 Å². The minimum Gasteiger partial charge on any atom is -0.491 e.